The number of pyridine rings is 1. The van der Waals surface area contributed by atoms with E-state index >= 15 is 0 Å². The molecule has 4 bridgehead atoms. The quantitative estimate of drug-likeness (QED) is 0.159. The van der Waals surface area contributed by atoms with Crippen molar-refractivity contribution in [3.05, 3.63) is 89.4 Å². The second-order valence-electron chi connectivity index (χ2n) is 16.9. The first-order valence-corrected chi connectivity index (χ1v) is 19.6. The number of amides is 1. The largest absolute Gasteiger partial charge is 0.455 e. The first kappa shape index (κ1) is 34.2. The SMILES string of the molecule is COC12CC3CC(CC(Cn4cc(-c5ccc(N6CCc7cccc(C(=O)Nc8nc9ccccc9s8)c7C6)nc5C(=O)OC(C)(C)C)cn4)(C3)C1)C2. The van der Waals surface area contributed by atoms with Gasteiger partial charge in [0, 0.05) is 49.6 Å². The highest BCUT2D eigenvalue weighted by atomic mass is 32.1. The van der Waals surface area contributed by atoms with E-state index < -0.39 is 11.6 Å². The van der Waals surface area contributed by atoms with Gasteiger partial charge in [-0.2, -0.15) is 5.10 Å². The van der Waals surface area contributed by atoms with E-state index in [1.165, 1.54) is 43.4 Å². The minimum atomic E-state index is -0.693. The molecule has 11 heteroatoms. The molecule has 0 radical (unpaired) electrons. The van der Waals surface area contributed by atoms with Crippen LogP contribution >= 0.6 is 11.3 Å². The number of nitrogens with zero attached hydrogens (tertiary/aromatic N) is 5. The molecular formula is C42H46N6O4S. The number of hydrogen-bond acceptors (Lipinski definition) is 9. The number of aromatic nitrogens is 4. The van der Waals surface area contributed by atoms with E-state index in [1.807, 2.05) is 82.6 Å². The zero-order chi connectivity index (χ0) is 36.5. The highest BCUT2D eigenvalue weighted by Gasteiger charge is 2.58. The topological polar surface area (TPSA) is 111 Å². The van der Waals surface area contributed by atoms with Gasteiger partial charge in [-0.1, -0.05) is 35.6 Å². The number of nitrogens with one attached hydrogen (secondary N) is 1. The molecule has 0 saturated heterocycles. The van der Waals surface area contributed by atoms with Crippen LogP contribution in [0.1, 0.15) is 91.3 Å². The van der Waals surface area contributed by atoms with Crippen molar-refractivity contribution in [3.8, 4) is 11.1 Å². The lowest BCUT2D eigenvalue weighted by Crippen LogP contribution is -2.57. The lowest BCUT2D eigenvalue weighted by molar-refractivity contribution is -0.184. The smallest absolute Gasteiger partial charge is 0.358 e. The Labute approximate surface area is 313 Å². The molecule has 1 amide bonds. The number of methoxy groups -OCH3 is 1. The minimum Gasteiger partial charge on any atom is -0.455 e. The molecule has 5 aliphatic rings. The van der Waals surface area contributed by atoms with Crippen molar-refractivity contribution in [2.24, 2.45) is 17.3 Å². The van der Waals surface area contributed by atoms with Crippen molar-refractivity contribution in [1.29, 1.82) is 0 Å². The molecule has 4 aliphatic carbocycles. The van der Waals surface area contributed by atoms with Crippen molar-refractivity contribution >= 4 is 44.4 Å². The Morgan fingerprint density at radius 2 is 1.81 bits per heavy atom. The van der Waals surface area contributed by atoms with Gasteiger partial charge < -0.3 is 14.4 Å². The van der Waals surface area contributed by atoms with Crippen LogP contribution in [0.2, 0.25) is 0 Å². The summed E-state index contributed by atoms with van der Waals surface area (Å²) in [5, 5.41) is 8.44. The van der Waals surface area contributed by atoms with Crippen LogP contribution in [0.15, 0.2) is 67.0 Å². The average molecular weight is 731 g/mol. The highest BCUT2D eigenvalue weighted by molar-refractivity contribution is 7.22. The molecule has 2 unspecified atom stereocenters. The fourth-order valence-electron chi connectivity index (χ4n) is 10.1. The number of ether oxygens (including phenoxy) is 2. The van der Waals surface area contributed by atoms with Gasteiger partial charge >= 0.3 is 5.97 Å². The maximum absolute atomic E-state index is 13.8. The number of fused-ring (bicyclic) bond motifs is 2. The summed E-state index contributed by atoms with van der Waals surface area (Å²) in [5.41, 5.74) is 4.86. The summed E-state index contributed by atoms with van der Waals surface area (Å²) in [5.74, 6) is 1.45. The first-order chi connectivity index (χ1) is 25.5. The third kappa shape index (κ3) is 6.52. The molecule has 53 heavy (non-hydrogen) atoms. The summed E-state index contributed by atoms with van der Waals surface area (Å²) >= 11 is 1.46. The lowest BCUT2D eigenvalue weighted by atomic mass is 9.48. The summed E-state index contributed by atoms with van der Waals surface area (Å²) in [6.07, 6.45) is 11.9. The summed E-state index contributed by atoms with van der Waals surface area (Å²) in [6, 6.07) is 17.7. The molecule has 4 fully saturated rings. The molecule has 5 aromatic rings. The Hall–Kier alpha value is -4.61. The molecule has 1 N–H and O–H groups in total. The molecule has 10 nitrogen and oxygen atoms in total. The van der Waals surface area contributed by atoms with Gasteiger partial charge in [-0.15, -0.1) is 0 Å². The van der Waals surface area contributed by atoms with Gasteiger partial charge in [-0.25, -0.2) is 14.8 Å². The van der Waals surface area contributed by atoms with E-state index in [0.717, 1.165) is 58.1 Å². The Balaban J connectivity index is 0.988. The van der Waals surface area contributed by atoms with Crippen LogP contribution in [-0.2, 0) is 29.0 Å². The van der Waals surface area contributed by atoms with Gasteiger partial charge in [0.05, 0.1) is 22.0 Å². The normalized spacial score (nSPS) is 24.7. The molecule has 0 spiro atoms. The number of carbonyl (C=O) groups excluding carboxylic acids is 2. The molecule has 4 heterocycles. The average Bonchev–Trinajstić information content (AvgIpc) is 3.75. The number of carbonyl (C=O) groups is 2. The van der Waals surface area contributed by atoms with Crippen LogP contribution < -0.4 is 10.2 Å². The van der Waals surface area contributed by atoms with Crippen LogP contribution in [0.4, 0.5) is 10.9 Å². The van der Waals surface area contributed by atoms with Gasteiger partial charge in [0.15, 0.2) is 10.8 Å². The van der Waals surface area contributed by atoms with Gasteiger partial charge in [0.2, 0.25) is 0 Å². The predicted octanol–water partition coefficient (Wildman–Crippen LogP) is 8.31. The zero-order valence-electron chi connectivity index (χ0n) is 30.9. The highest BCUT2D eigenvalue weighted by Crippen LogP contribution is 2.63. The van der Waals surface area contributed by atoms with Crippen LogP contribution in [0.5, 0.6) is 0 Å². The Kier molecular flexibility index (Phi) is 8.23. The van der Waals surface area contributed by atoms with Crippen molar-refractivity contribution in [2.75, 3.05) is 23.9 Å². The maximum Gasteiger partial charge on any atom is 0.358 e. The summed E-state index contributed by atoms with van der Waals surface area (Å²) in [4.78, 5) is 39.2. The molecule has 3 aromatic heterocycles. The number of benzene rings is 2. The van der Waals surface area contributed by atoms with Crippen molar-refractivity contribution in [1.82, 2.24) is 19.7 Å². The predicted molar refractivity (Wildman–Crippen MR) is 206 cm³/mol. The van der Waals surface area contributed by atoms with Gasteiger partial charge in [-0.3, -0.25) is 14.8 Å². The standard InChI is InChI=1S/C42H46N6O4S/c1-40(2,3)52-38(50)36-30(29-21-43-48(22-29)25-41-17-26-16-27(18-41)20-42(19-26,24-41)51-4)12-13-35(45-36)47-15-14-28-8-7-9-31(32(28)23-47)37(49)46-39-44-33-10-5-6-11-34(33)53-39/h5-13,21-22,26-27H,14-20,23-25H2,1-4H3,(H,44,46,49). The monoisotopic (exact) mass is 730 g/mol. The van der Waals surface area contributed by atoms with Crippen molar-refractivity contribution in [2.45, 2.75) is 90.0 Å². The number of thiazole rings is 1. The summed E-state index contributed by atoms with van der Waals surface area (Å²) in [7, 11) is 1.89. The van der Waals surface area contributed by atoms with Gasteiger partial charge in [-0.05, 0) is 124 Å². The number of para-hydroxylation sites is 1. The second-order valence-corrected chi connectivity index (χ2v) is 17.9. The van der Waals surface area contributed by atoms with E-state index in [0.29, 0.717) is 35.2 Å². The van der Waals surface area contributed by atoms with Crippen LogP contribution in [0.25, 0.3) is 21.3 Å². The molecule has 2 atom stereocenters. The van der Waals surface area contributed by atoms with E-state index in [-0.39, 0.29) is 22.6 Å². The van der Waals surface area contributed by atoms with E-state index in [2.05, 4.69) is 32.1 Å². The van der Waals surface area contributed by atoms with Crippen molar-refractivity contribution < 1.29 is 19.1 Å². The summed E-state index contributed by atoms with van der Waals surface area (Å²) < 4.78 is 15.2. The fraction of sp³-hybridized carbons (Fsp3) is 0.452. The number of rotatable bonds is 8. The number of hydrogen-bond donors (Lipinski definition) is 1. The third-order valence-electron chi connectivity index (χ3n) is 11.8. The van der Waals surface area contributed by atoms with Gasteiger partial charge in [0.1, 0.15) is 11.4 Å². The third-order valence-corrected chi connectivity index (χ3v) is 12.8. The summed E-state index contributed by atoms with van der Waals surface area (Å²) in [6.45, 7) is 7.62. The number of anilines is 2. The van der Waals surface area contributed by atoms with Crippen LogP contribution in [0.3, 0.4) is 0 Å². The Bertz CT molecular complexity index is 2190. The molecule has 274 valence electrons. The van der Waals surface area contributed by atoms with Gasteiger partial charge in [0.25, 0.3) is 5.91 Å². The van der Waals surface area contributed by atoms with E-state index in [4.69, 9.17) is 19.6 Å². The van der Waals surface area contributed by atoms with E-state index in [1.54, 1.807) is 0 Å². The maximum atomic E-state index is 13.8. The van der Waals surface area contributed by atoms with E-state index in [9.17, 15) is 9.59 Å². The number of esters is 1. The Morgan fingerprint density at radius 1 is 1.00 bits per heavy atom. The molecular weight excluding hydrogens is 685 g/mol. The Morgan fingerprint density at radius 3 is 2.58 bits per heavy atom. The van der Waals surface area contributed by atoms with Crippen molar-refractivity contribution in [3.63, 3.8) is 0 Å². The fourth-order valence-corrected chi connectivity index (χ4v) is 11.0. The molecule has 1 aliphatic heterocycles. The molecule has 4 saturated carbocycles. The first-order valence-electron chi connectivity index (χ1n) is 18.8. The zero-order valence-corrected chi connectivity index (χ0v) is 31.7. The minimum absolute atomic E-state index is 0.0135. The lowest BCUT2D eigenvalue weighted by Gasteiger charge is -2.61. The van der Waals surface area contributed by atoms with Crippen LogP contribution in [0, 0.1) is 17.3 Å². The second kappa shape index (κ2) is 12.8. The molecule has 10 rings (SSSR count). The van der Waals surface area contributed by atoms with Crippen LogP contribution in [-0.4, -0.2) is 56.5 Å². The molecule has 2 aromatic carbocycles.